The SMILES string of the molecule is O=C(O)CC(NC(=O)C1CC(=O)N(c2ccc(F)cc2F)C1)c1cccs1. The molecule has 1 aliphatic heterocycles. The number of carboxylic acids is 1. The van der Waals surface area contributed by atoms with E-state index in [-0.39, 0.29) is 25.1 Å². The molecular formula is C18H16F2N2O4S. The summed E-state index contributed by atoms with van der Waals surface area (Å²) in [6.07, 6.45) is -0.421. The number of hydrogen-bond donors (Lipinski definition) is 2. The lowest BCUT2D eigenvalue weighted by atomic mass is 10.1. The van der Waals surface area contributed by atoms with Crippen LogP contribution in [-0.4, -0.2) is 29.4 Å². The predicted octanol–water partition coefficient (Wildman–Crippen LogP) is 2.71. The lowest BCUT2D eigenvalue weighted by Crippen LogP contribution is -2.36. The minimum atomic E-state index is -1.06. The summed E-state index contributed by atoms with van der Waals surface area (Å²) >= 11 is 1.32. The van der Waals surface area contributed by atoms with Gasteiger partial charge in [0.1, 0.15) is 11.6 Å². The molecule has 0 bridgehead atoms. The summed E-state index contributed by atoms with van der Waals surface area (Å²) in [6.45, 7) is -0.0581. The van der Waals surface area contributed by atoms with Crippen LogP contribution in [0.3, 0.4) is 0 Å². The third-order valence-corrected chi connectivity index (χ3v) is 5.26. The number of nitrogens with zero attached hydrogens (tertiary/aromatic N) is 1. The second-order valence-electron chi connectivity index (χ2n) is 6.18. The monoisotopic (exact) mass is 394 g/mol. The molecule has 6 nitrogen and oxygen atoms in total. The number of anilines is 1. The zero-order valence-corrected chi connectivity index (χ0v) is 14.8. The molecule has 3 rings (SSSR count). The molecule has 142 valence electrons. The maximum Gasteiger partial charge on any atom is 0.305 e. The van der Waals surface area contributed by atoms with Crippen molar-refractivity contribution in [1.29, 1.82) is 0 Å². The van der Waals surface area contributed by atoms with E-state index in [0.717, 1.165) is 17.0 Å². The van der Waals surface area contributed by atoms with Crippen LogP contribution in [0.4, 0.5) is 14.5 Å². The molecule has 0 radical (unpaired) electrons. The van der Waals surface area contributed by atoms with Gasteiger partial charge in [-0.15, -0.1) is 11.3 Å². The first kappa shape index (κ1) is 19.0. The van der Waals surface area contributed by atoms with E-state index in [1.807, 2.05) is 0 Å². The average molecular weight is 394 g/mol. The Labute approximate surface area is 157 Å². The number of aliphatic carboxylic acids is 1. The Morgan fingerprint density at radius 2 is 2.11 bits per heavy atom. The topological polar surface area (TPSA) is 86.7 Å². The summed E-state index contributed by atoms with van der Waals surface area (Å²) in [5.41, 5.74) is -0.0861. The fourth-order valence-electron chi connectivity index (χ4n) is 2.99. The van der Waals surface area contributed by atoms with Crippen LogP contribution in [0.2, 0.25) is 0 Å². The molecule has 2 aromatic rings. The Balaban J connectivity index is 1.72. The van der Waals surface area contributed by atoms with Gasteiger partial charge in [0.05, 0.1) is 24.1 Å². The number of rotatable bonds is 6. The lowest BCUT2D eigenvalue weighted by Gasteiger charge is -2.19. The zero-order chi connectivity index (χ0) is 19.6. The van der Waals surface area contributed by atoms with Gasteiger partial charge in [0, 0.05) is 23.9 Å². The smallest absolute Gasteiger partial charge is 0.305 e. The predicted molar refractivity (Wildman–Crippen MR) is 94.3 cm³/mol. The van der Waals surface area contributed by atoms with E-state index in [1.165, 1.54) is 11.3 Å². The van der Waals surface area contributed by atoms with Crippen molar-refractivity contribution in [2.75, 3.05) is 11.4 Å². The standard InChI is InChI=1S/C18H16F2N2O4S/c19-11-3-4-14(12(20)7-11)22-9-10(6-16(22)23)18(26)21-13(8-17(24)25)15-2-1-5-27-15/h1-5,7,10,13H,6,8-9H2,(H,21,26)(H,24,25). The summed E-state index contributed by atoms with van der Waals surface area (Å²) in [5.74, 6) is -4.39. The molecule has 2 unspecified atom stereocenters. The molecule has 2 atom stereocenters. The van der Waals surface area contributed by atoms with Crippen LogP contribution in [0.15, 0.2) is 35.7 Å². The van der Waals surface area contributed by atoms with Gasteiger partial charge in [0.25, 0.3) is 0 Å². The van der Waals surface area contributed by atoms with Crippen molar-refractivity contribution in [3.05, 3.63) is 52.2 Å². The number of carboxylic acid groups (broad SMARTS) is 1. The van der Waals surface area contributed by atoms with Gasteiger partial charge in [0.15, 0.2) is 0 Å². The van der Waals surface area contributed by atoms with Crippen molar-refractivity contribution in [1.82, 2.24) is 5.32 Å². The van der Waals surface area contributed by atoms with E-state index in [0.29, 0.717) is 10.9 Å². The fourth-order valence-corrected chi connectivity index (χ4v) is 3.77. The van der Waals surface area contributed by atoms with Crippen molar-refractivity contribution < 1.29 is 28.3 Å². The van der Waals surface area contributed by atoms with Crippen molar-refractivity contribution >= 4 is 34.8 Å². The van der Waals surface area contributed by atoms with Gasteiger partial charge in [-0.3, -0.25) is 14.4 Å². The van der Waals surface area contributed by atoms with Gasteiger partial charge < -0.3 is 15.3 Å². The number of carbonyl (C=O) groups excluding carboxylic acids is 2. The van der Waals surface area contributed by atoms with Crippen LogP contribution in [0, 0.1) is 17.6 Å². The number of nitrogens with one attached hydrogen (secondary N) is 1. The summed E-state index contributed by atoms with van der Waals surface area (Å²) in [6, 6.07) is 5.63. The van der Waals surface area contributed by atoms with Crippen molar-refractivity contribution in [3.8, 4) is 0 Å². The van der Waals surface area contributed by atoms with Crippen LogP contribution >= 0.6 is 11.3 Å². The van der Waals surface area contributed by atoms with Gasteiger partial charge in [-0.25, -0.2) is 8.78 Å². The molecule has 2 N–H and O–H groups in total. The summed E-state index contributed by atoms with van der Waals surface area (Å²) < 4.78 is 27.0. The van der Waals surface area contributed by atoms with Crippen LogP contribution in [-0.2, 0) is 14.4 Å². The highest BCUT2D eigenvalue weighted by Crippen LogP contribution is 2.29. The number of hydrogen-bond acceptors (Lipinski definition) is 4. The normalized spacial score (nSPS) is 17.8. The second-order valence-corrected chi connectivity index (χ2v) is 7.15. The highest BCUT2D eigenvalue weighted by Gasteiger charge is 2.37. The van der Waals surface area contributed by atoms with E-state index in [2.05, 4.69) is 5.32 Å². The molecule has 1 aliphatic rings. The van der Waals surface area contributed by atoms with Crippen molar-refractivity contribution in [2.45, 2.75) is 18.9 Å². The molecule has 9 heteroatoms. The second kappa shape index (κ2) is 7.83. The maximum atomic E-state index is 13.9. The third kappa shape index (κ3) is 4.30. The van der Waals surface area contributed by atoms with E-state index in [1.54, 1.807) is 17.5 Å². The van der Waals surface area contributed by atoms with Crippen LogP contribution in [0.5, 0.6) is 0 Å². The highest BCUT2D eigenvalue weighted by atomic mass is 32.1. The van der Waals surface area contributed by atoms with Gasteiger partial charge in [-0.1, -0.05) is 6.07 Å². The molecule has 2 heterocycles. The van der Waals surface area contributed by atoms with Crippen molar-refractivity contribution in [2.24, 2.45) is 5.92 Å². The lowest BCUT2D eigenvalue weighted by molar-refractivity contribution is -0.138. The summed E-state index contributed by atoms with van der Waals surface area (Å²) in [4.78, 5) is 37.7. The Morgan fingerprint density at radius 1 is 1.33 bits per heavy atom. The largest absolute Gasteiger partial charge is 0.481 e. The quantitative estimate of drug-likeness (QED) is 0.789. The molecule has 0 saturated carbocycles. The third-order valence-electron chi connectivity index (χ3n) is 4.28. The van der Waals surface area contributed by atoms with Crippen LogP contribution < -0.4 is 10.2 Å². The molecule has 2 amide bonds. The summed E-state index contributed by atoms with van der Waals surface area (Å²) in [5, 5.41) is 13.5. The minimum Gasteiger partial charge on any atom is -0.481 e. The number of thiophene rings is 1. The molecule has 1 aromatic carbocycles. The van der Waals surface area contributed by atoms with Crippen LogP contribution in [0.1, 0.15) is 23.8 Å². The van der Waals surface area contributed by atoms with E-state index >= 15 is 0 Å². The van der Waals surface area contributed by atoms with Gasteiger partial charge in [-0.2, -0.15) is 0 Å². The first-order valence-electron chi connectivity index (χ1n) is 8.16. The molecule has 1 aromatic heterocycles. The summed E-state index contributed by atoms with van der Waals surface area (Å²) in [7, 11) is 0. The Hall–Kier alpha value is -2.81. The molecule has 1 fully saturated rings. The van der Waals surface area contributed by atoms with Gasteiger partial charge >= 0.3 is 5.97 Å². The number of amides is 2. The van der Waals surface area contributed by atoms with Crippen LogP contribution in [0.25, 0.3) is 0 Å². The zero-order valence-electron chi connectivity index (χ0n) is 14.0. The molecule has 27 heavy (non-hydrogen) atoms. The first-order chi connectivity index (χ1) is 12.8. The number of carbonyl (C=O) groups is 3. The Bertz CT molecular complexity index is 872. The average Bonchev–Trinajstić information content (AvgIpc) is 3.24. The van der Waals surface area contributed by atoms with E-state index in [4.69, 9.17) is 5.11 Å². The Kier molecular flexibility index (Phi) is 5.50. The minimum absolute atomic E-state index is 0.0581. The Morgan fingerprint density at radius 3 is 2.74 bits per heavy atom. The van der Waals surface area contributed by atoms with E-state index in [9.17, 15) is 23.2 Å². The molecule has 0 aliphatic carbocycles. The van der Waals surface area contributed by atoms with Gasteiger partial charge in [0.2, 0.25) is 11.8 Å². The van der Waals surface area contributed by atoms with Crippen molar-refractivity contribution in [3.63, 3.8) is 0 Å². The number of benzene rings is 1. The van der Waals surface area contributed by atoms with E-state index < -0.39 is 41.4 Å². The highest BCUT2D eigenvalue weighted by molar-refractivity contribution is 7.10. The van der Waals surface area contributed by atoms with Gasteiger partial charge in [-0.05, 0) is 23.6 Å². The maximum absolute atomic E-state index is 13.9. The molecular weight excluding hydrogens is 378 g/mol. The molecule has 0 spiro atoms. The molecule has 1 saturated heterocycles. The number of halogens is 2. The first-order valence-corrected chi connectivity index (χ1v) is 9.04. The fraction of sp³-hybridized carbons (Fsp3) is 0.278.